The van der Waals surface area contributed by atoms with E-state index >= 15 is 0 Å². The monoisotopic (exact) mass is 597 g/mol. The number of hydrogen-bond donors (Lipinski definition) is 0. The molecular weight excluding hydrogens is 574 g/mol. The Kier molecular flexibility index (Phi) is 4.78. The lowest BCUT2D eigenvalue weighted by Gasteiger charge is -2.25. The van der Waals surface area contributed by atoms with Crippen LogP contribution in [0.25, 0.3) is 88.4 Å². The van der Waals surface area contributed by atoms with Crippen LogP contribution in [0.5, 0.6) is 0 Å². The molecule has 47 heavy (non-hydrogen) atoms. The zero-order valence-corrected chi connectivity index (χ0v) is 25.0. The molecule has 5 nitrogen and oxygen atoms in total. The van der Waals surface area contributed by atoms with Gasteiger partial charge < -0.3 is 4.90 Å². The summed E-state index contributed by atoms with van der Waals surface area (Å²) in [6.07, 6.45) is 3.83. The van der Waals surface area contributed by atoms with Crippen molar-refractivity contribution < 1.29 is 0 Å². The highest BCUT2D eigenvalue weighted by Gasteiger charge is 2.26. The summed E-state index contributed by atoms with van der Waals surface area (Å²) in [5.74, 6) is 0. The van der Waals surface area contributed by atoms with Crippen LogP contribution in [0.4, 0.5) is 17.1 Å². The molecule has 5 aromatic carbocycles. The lowest BCUT2D eigenvalue weighted by molar-refractivity contribution is 1.21. The molecule has 0 unspecified atom stereocenters. The first-order valence-corrected chi connectivity index (χ1v) is 15.8. The molecule has 216 valence electrons. The summed E-state index contributed by atoms with van der Waals surface area (Å²) in [5, 5.41) is 6.98. The largest absolute Gasteiger partial charge is 0.307 e. The molecule has 0 saturated carbocycles. The van der Waals surface area contributed by atoms with Crippen LogP contribution >= 0.6 is 0 Å². The third kappa shape index (κ3) is 3.43. The second-order valence-corrected chi connectivity index (χ2v) is 12.3. The fourth-order valence-electron chi connectivity index (χ4n) is 7.72. The molecule has 0 saturated heterocycles. The highest BCUT2D eigenvalue weighted by atomic mass is 15.2. The van der Waals surface area contributed by atoms with E-state index in [2.05, 4.69) is 126 Å². The number of fused-ring (bicyclic) bond motifs is 8. The van der Waals surface area contributed by atoms with Crippen LogP contribution in [0.2, 0.25) is 0 Å². The van der Waals surface area contributed by atoms with Crippen LogP contribution in [0.15, 0.2) is 140 Å². The molecule has 9 aromatic rings. The number of hydrogen-bond acceptors (Lipinski definition) is 5. The van der Waals surface area contributed by atoms with Gasteiger partial charge >= 0.3 is 0 Å². The number of anilines is 3. The Morgan fingerprint density at radius 3 is 1.32 bits per heavy atom. The van der Waals surface area contributed by atoms with Gasteiger partial charge in [-0.2, -0.15) is 0 Å². The van der Waals surface area contributed by atoms with E-state index in [1.807, 2.05) is 18.5 Å². The van der Waals surface area contributed by atoms with Crippen molar-refractivity contribution in [2.75, 3.05) is 4.90 Å². The van der Waals surface area contributed by atoms with Gasteiger partial charge in [-0.25, -0.2) is 19.9 Å². The molecule has 0 spiro atoms. The summed E-state index contributed by atoms with van der Waals surface area (Å²) >= 11 is 0. The molecule has 5 heteroatoms. The molecule has 4 heterocycles. The lowest BCUT2D eigenvalue weighted by atomic mass is 10.0. The van der Waals surface area contributed by atoms with Crippen molar-refractivity contribution in [1.82, 2.24) is 19.9 Å². The van der Waals surface area contributed by atoms with Gasteiger partial charge in [0.05, 0.1) is 35.2 Å². The predicted molar refractivity (Wildman–Crippen MR) is 191 cm³/mol. The van der Waals surface area contributed by atoms with E-state index in [4.69, 9.17) is 19.9 Å². The van der Waals surface area contributed by atoms with Crippen molar-refractivity contribution in [3.05, 3.63) is 140 Å². The normalized spacial score (nSPS) is 12.3. The fraction of sp³-hybridized carbons (Fsp3) is 0. The standard InChI is InChI=1S/C42H23N5/c1-2-12-28(13-3-1)47(29-18-26-20-35-31-14-4-8-24-10-6-16-33(37(24)31)39(35)45-41(26)43-22-29)30-19-27-21-36-32-15-5-9-25-11-7-17-34(38(25)32)40(36)46-42(27)44-23-30/h1-23H. The van der Waals surface area contributed by atoms with E-state index < -0.39 is 0 Å². The van der Waals surface area contributed by atoms with Crippen LogP contribution in [0, 0.1) is 0 Å². The van der Waals surface area contributed by atoms with Gasteiger partial charge in [-0.05, 0) is 69.1 Å². The molecule has 0 atom stereocenters. The second kappa shape index (κ2) is 9.05. The maximum Gasteiger partial charge on any atom is 0.159 e. The molecule has 0 N–H and O–H groups in total. The SMILES string of the molecule is c1ccc(N(c2cnc3nc4c(cc3c2)-c2cccc3cccc-4c23)c2cnc3nc4c(cc3c2)-c2cccc3cccc-4c23)cc1. The molecule has 2 aliphatic carbocycles. The quantitative estimate of drug-likeness (QED) is 0.203. The van der Waals surface area contributed by atoms with Crippen molar-refractivity contribution in [2.24, 2.45) is 0 Å². The third-order valence-electron chi connectivity index (χ3n) is 9.74. The summed E-state index contributed by atoms with van der Waals surface area (Å²) in [6, 6.07) is 45.1. The molecule has 4 aromatic heterocycles. The minimum Gasteiger partial charge on any atom is -0.307 e. The van der Waals surface area contributed by atoms with Crippen LogP contribution in [0.3, 0.4) is 0 Å². The van der Waals surface area contributed by atoms with Crippen LogP contribution in [0.1, 0.15) is 0 Å². The maximum absolute atomic E-state index is 5.10. The average Bonchev–Trinajstić information content (AvgIpc) is 3.61. The first-order valence-electron chi connectivity index (χ1n) is 15.8. The first kappa shape index (κ1) is 24.8. The molecule has 2 aliphatic rings. The smallest absolute Gasteiger partial charge is 0.159 e. The molecule has 0 fully saturated rings. The minimum absolute atomic E-state index is 0.732. The Balaban J connectivity index is 1.08. The highest BCUT2D eigenvalue weighted by molar-refractivity contribution is 6.17. The van der Waals surface area contributed by atoms with E-state index in [1.54, 1.807) is 0 Å². The summed E-state index contributed by atoms with van der Waals surface area (Å²) < 4.78 is 0. The van der Waals surface area contributed by atoms with Gasteiger partial charge in [0.15, 0.2) is 11.3 Å². The molecule has 0 bridgehead atoms. The number of benzene rings is 5. The van der Waals surface area contributed by atoms with Crippen LogP contribution < -0.4 is 4.90 Å². The van der Waals surface area contributed by atoms with E-state index in [9.17, 15) is 0 Å². The van der Waals surface area contributed by atoms with Crippen molar-refractivity contribution in [2.45, 2.75) is 0 Å². The van der Waals surface area contributed by atoms with Gasteiger partial charge in [-0.1, -0.05) is 91.0 Å². The van der Waals surface area contributed by atoms with Crippen LogP contribution in [-0.4, -0.2) is 19.9 Å². The third-order valence-corrected chi connectivity index (χ3v) is 9.74. The summed E-state index contributed by atoms with van der Waals surface area (Å²) in [7, 11) is 0. The molecule has 11 rings (SSSR count). The van der Waals surface area contributed by atoms with E-state index in [0.29, 0.717) is 0 Å². The topological polar surface area (TPSA) is 54.8 Å². The lowest BCUT2D eigenvalue weighted by Crippen LogP contribution is -2.11. The van der Waals surface area contributed by atoms with Crippen molar-refractivity contribution >= 4 is 60.7 Å². The maximum atomic E-state index is 5.10. The van der Waals surface area contributed by atoms with Crippen molar-refractivity contribution in [3.8, 4) is 44.8 Å². The predicted octanol–water partition coefficient (Wildman–Crippen LogP) is 10.6. The zero-order chi connectivity index (χ0) is 30.6. The van der Waals surface area contributed by atoms with Gasteiger partial charge in [0.25, 0.3) is 0 Å². The Morgan fingerprint density at radius 1 is 0.362 bits per heavy atom. The fourth-order valence-corrected chi connectivity index (χ4v) is 7.72. The Labute approximate surface area is 269 Å². The summed E-state index contributed by atoms with van der Waals surface area (Å²) in [4.78, 5) is 22.3. The number of aromatic nitrogens is 4. The molecule has 0 amide bonds. The second-order valence-electron chi connectivity index (χ2n) is 12.3. The number of para-hydroxylation sites is 1. The van der Waals surface area contributed by atoms with Crippen LogP contribution in [-0.2, 0) is 0 Å². The van der Waals surface area contributed by atoms with E-state index in [0.717, 1.165) is 61.6 Å². The summed E-state index contributed by atoms with van der Waals surface area (Å²) in [5.41, 5.74) is 13.5. The molecule has 0 aliphatic heterocycles. The Hall–Kier alpha value is -6.46. The van der Waals surface area contributed by atoms with Gasteiger partial charge in [-0.15, -0.1) is 0 Å². The Morgan fingerprint density at radius 2 is 0.830 bits per heavy atom. The van der Waals surface area contributed by atoms with Crippen molar-refractivity contribution in [1.29, 1.82) is 0 Å². The van der Waals surface area contributed by atoms with Gasteiger partial charge in [0, 0.05) is 38.7 Å². The van der Waals surface area contributed by atoms with E-state index in [1.165, 1.54) is 43.8 Å². The Bertz CT molecular complexity index is 2620. The molecular formula is C42H23N5. The first-order chi connectivity index (χ1) is 23.3. The van der Waals surface area contributed by atoms with Gasteiger partial charge in [0.2, 0.25) is 0 Å². The van der Waals surface area contributed by atoms with Crippen molar-refractivity contribution in [3.63, 3.8) is 0 Å². The number of pyridine rings is 4. The van der Waals surface area contributed by atoms with Gasteiger partial charge in [0.1, 0.15) is 0 Å². The minimum atomic E-state index is 0.732. The zero-order valence-electron chi connectivity index (χ0n) is 25.0. The van der Waals surface area contributed by atoms with Gasteiger partial charge in [-0.3, -0.25) is 0 Å². The molecule has 0 radical (unpaired) electrons. The average molecular weight is 598 g/mol. The number of rotatable bonds is 3. The summed E-state index contributed by atoms with van der Waals surface area (Å²) in [6.45, 7) is 0. The highest BCUT2D eigenvalue weighted by Crippen LogP contribution is 2.49. The number of nitrogens with zero attached hydrogens (tertiary/aromatic N) is 5. The van der Waals surface area contributed by atoms with E-state index in [-0.39, 0.29) is 0 Å².